The van der Waals surface area contributed by atoms with Crippen molar-refractivity contribution in [1.29, 1.82) is 0 Å². The van der Waals surface area contributed by atoms with Crippen LogP contribution < -0.4 is 5.32 Å². The largest absolute Gasteiger partial charge is 0.350 e. The van der Waals surface area contributed by atoms with Gasteiger partial charge in [0.25, 0.3) is 5.91 Å². The van der Waals surface area contributed by atoms with Crippen molar-refractivity contribution in [2.75, 3.05) is 0 Å². The van der Waals surface area contributed by atoms with Crippen molar-refractivity contribution < 1.29 is 4.79 Å². The van der Waals surface area contributed by atoms with Crippen molar-refractivity contribution in [2.24, 2.45) is 0 Å². The van der Waals surface area contributed by atoms with Crippen molar-refractivity contribution >= 4 is 29.3 Å². The second-order valence-electron chi connectivity index (χ2n) is 7.63. The number of halogens is 1. The summed E-state index contributed by atoms with van der Waals surface area (Å²) in [5.74, 6) is 1.35. The Morgan fingerprint density at radius 1 is 1.09 bits per heavy atom. The van der Waals surface area contributed by atoms with Crippen LogP contribution in [0.25, 0.3) is 17.1 Å². The standard InChI is InChI=1S/C25H24ClN5OS/c1-3-17(2)28-24(32)20-9-7-18(8-10-20)16-33-25-30-29-23(19-11-13-27-14-12-19)31(25)22-6-4-5-21(26)15-22/h4-15,17H,3,16H2,1-2H3,(H,28,32)/t17-/m1/s1. The maximum absolute atomic E-state index is 12.3. The Bertz CT molecular complexity index is 1230. The fourth-order valence-electron chi connectivity index (χ4n) is 3.21. The van der Waals surface area contributed by atoms with Crippen LogP contribution in [0.15, 0.2) is 78.2 Å². The van der Waals surface area contributed by atoms with Crippen LogP contribution in [0.2, 0.25) is 5.02 Å². The SMILES string of the molecule is CC[C@@H](C)NC(=O)c1ccc(CSc2nnc(-c3ccncc3)n2-c2cccc(Cl)c2)cc1. The number of nitrogens with one attached hydrogen (secondary N) is 1. The number of carbonyl (C=O) groups excluding carboxylic acids is 1. The number of rotatable bonds is 8. The van der Waals surface area contributed by atoms with Crippen molar-refractivity contribution in [2.45, 2.75) is 37.2 Å². The van der Waals surface area contributed by atoms with Gasteiger partial charge < -0.3 is 5.32 Å². The zero-order chi connectivity index (χ0) is 23.2. The first kappa shape index (κ1) is 23.0. The molecule has 0 aliphatic heterocycles. The molecule has 0 radical (unpaired) electrons. The molecular weight excluding hydrogens is 454 g/mol. The third-order valence-corrected chi connectivity index (χ3v) is 6.45. The smallest absolute Gasteiger partial charge is 0.251 e. The topological polar surface area (TPSA) is 72.7 Å². The highest BCUT2D eigenvalue weighted by Gasteiger charge is 2.17. The Balaban J connectivity index is 1.56. The van der Waals surface area contributed by atoms with Crippen molar-refractivity contribution in [3.05, 3.63) is 89.2 Å². The second kappa shape index (κ2) is 10.6. The van der Waals surface area contributed by atoms with E-state index in [1.165, 1.54) is 0 Å². The molecular formula is C25H24ClN5OS. The van der Waals surface area contributed by atoms with Gasteiger partial charge in [0, 0.05) is 40.3 Å². The summed E-state index contributed by atoms with van der Waals surface area (Å²) >= 11 is 7.84. The average molecular weight is 478 g/mol. The molecule has 4 aromatic rings. The highest BCUT2D eigenvalue weighted by atomic mass is 35.5. The first-order valence-corrected chi connectivity index (χ1v) is 12.1. The van der Waals surface area contributed by atoms with E-state index in [4.69, 9.17) is 11.6 Å². The lowest BCUT2D eigenvalue weighted by Crippen LogP contribution is -2.31. The lowest BCUT2D eigenvalue weighted by molar-refractivity contribution is 0.0939. The molecule has 168 valence electrons. The molecule has 0 fully saturated rings. The molecule has 33 heavy (non-hydrogen) atoms. The third kappa shape index (κ3) is 5.61. The van der Waals surface area contributed by atoms with Crippen molar-refractivity contribution in [3.63, 3.8) is 0 Å². The highest BCUT2D eigenvalue weighted by molar-refractivity contribution is 7.98. The number of hydrogen-bond acceptors (Lipinski definition) is 5. The molecule has 4 rings (SSSR count). The maximum atomic E-state index is 12.3. The Hall–Kier alpha value is -3.16. The number of hydrogen-bond donors (Lipinski definition) is 1. The molecule has 1 amide bonds. The zero-order valence-corrected chi connectivity index (χ0v) is 20.0. The first-order chi connectivity index (χ1) is 16.0. The number of thioether (sulfide) groups is 1. The van der Waals surface area contributed by atoms with Crippen LogP contribution in [0.4, 0.5) is 0 Å². The molecule has 0 saturated heterocycles. The highest BCUT2D eigenvalue weighted by Crippen LogP contribution is 2.30. The van der Waals surface area contributed by atoms with Gasteiger partial charge in [-0.3, -0.25) is 14.3 Å². The van der Waals surface area contributed by atoms with Crippen molar-refractivity contribution in [3.8, 4) is 17.1 Å². The lowest BCUT2D eigenvalue weighted by Gasteiger charge is -2.12. The summed E-state index contributed by atoms with van der Waals surface area (Å²) in [6.45, 7) is 4.05. The minimum Gasteiger partial charge on any atom is -0.350 e. The van der Waals surface area contributed by atoms with Gasteiger partial charge in [-0.2, -0.15) is 0 Å². The van der Waals surface area contributed by atoms with Gasteiger partial charge >= 0.3 is 0 Å². The quantitative estimate of drug-likeness (QED) is 0.324. The van der Waals surface area contributed by atoms with E-state index >= 15 is 0 Å². The van der Waals surface area contributed by atoms with Crippen LogP contribution in [0.5, 0.6) is 0 Å². The van der Waals surface area contributed by atoms with E-state index in [0.29, 0.717) is 16.3 Å². The Morgan fingerprint density at radius 3 is 2.55 bits per heavy atom. The summed E-state index contributed by atoms with van der Waals surface area (Å²) < 4.78 is 2.00. The van der Waals surface area contributed by atoms with Crippen LogP contribution in [-0.2, 0) is 5.75 Å². The number of amides is 1. The van der Waals surface area contributed by atoms with Gasteiger partial charge in [-0.25, -0.2) is 0 Å². The zero-order valence-electron chi connectivity index (χ0n) is 18.4. The minimum absolute atomic E-state index is 0.0498. The Kier molecular flexibility index (Phi) is 7.42. The molecule has 0 saturated carbocycles. The van der Waals surface area contributed by atoms with Gasteiger partial charge in [-0.05, 0) is 61.4 Å². The summed E-state index contributed by atoms with van der Waals surface area (Å²) in [6, 6.07) is 19.3. The minimum atomic E-state index is -0.0498. The number of benzene rings is 2. The Labute approximate surface area is 202 Å². The second-order valence-corrected chi connectivity index (χ2v) is 9.00. The fraction of sp³-hybridized carbons (Fsp3) is 0.200. The number of aromatic nitrogens is 4. The van der Waals surface area contributed by atoms with Crippen molar-refractivity contribution in [1.82, 2.24) is 25.1 Å². The van der Waals surface area contributed by atoms with Gasteiger partial charge in [0.05, 0.1) is 5.69 Å². The van der Waals surface area contributed by atoms with E-state index in [9.17, 15) is 4.79 Å². The van der Waals surface area contributed by atoms with Crippen LogP contribution in [0, 0.1) is 0 Å². The normalized spacial score (nSPS) is 11.8. The maximum Gasteiger partial charge on any atom is 0.251 e. The molecule has 6 nitrogen and oxygen atoms in total. The monoisotopic (exact) mass is 477 g/mol. The number of nitrogens with zero attached hydrogens (tertiary/aromatic N) is 4. The first-order valence-electron chi connectivity index (χ1n) is 10.7. The molecule has 1 atom stereocenters. The number of carbonyl (C=O) groups is 1. The van der Waals surface area contributed by atoms with Crippen LogP contribution in [0.3, 0.4) is 0 Å². The van der Waals surface area contributed by atoms with E-state index in [1.54, 1.807) is 24.2 Å². The molecule has 8 heteroatoms. The lowest BCUT2D eigenvalue weighted by atomic mass is 10.1. The molecule has 0 unspecified atom stereocenters. The summed E-state index contributed by atoms with van der Waals surface area (Å²) in [6.07, 6.45) is 4.37. The third-order valence-electron chi connectivity index (χ3n) is 5.21. The van der Waals surface area contributed by atoms with E-state index in [2.05, 4.69) is 20.5 Å². The summed E-state index contributed by atoms with van der Waals surface area (Å²) in [5.41, 5.74) is 3.55. The summed E-state index contributed by atoms with van der Waals surface area (Å²) in [4.78, 5) is 16.4. The van der Waals surface area contributed by atoms with Gasteiger partial charge in [0.15, 0.2) is 11.0 Å². The molecule has 2 heterocycles. The molecule has 0 aliphatic rings. The predicted molar refractivity (Wildman–Crippen MR) is 133 cm³/mol. The van der Waals surface area contributed by atoms with Gasteiger partial charge in [0.2, 0.25) is 0 Å². The van der Waals surface area contributed by atoms with Crippen LogP contribution in [-0.4, -0.2) is 31.7 Å². The van der Waals surface area contributed by atoms with Gasteiger partial charge in [0.1, 0.15) is 0 Å². The summed E-state index contributed by atoms with van der Waals surface area (Å²) in [7, 11) is 0. The van der Waals surface area contributed by atoms with Crippen LogP contribution in [0.1, 0.15) is 36.2 Å². The fourth-order valence-corrected chi connectivity index (χ4v) is 4.30. The van der Waals surface area contributed by atoms with Crippen LogP contribution >= 0.6 is 23.4 Å². The van der Waals surface area contributed by atoms with E-state index in [-0.39, 0.29) is 11.9 Å². The van der Waals surface area contributed by atoms with E-state index < -0.39 is 0 Å². The molecule has 0 bridgehead atoms. The molecule has 2 aromatic heterocycles. The van der Waals surface area contributed by atoms with Gasteiger partial charge in [-0.1, -0.05) is 48.5 Å². The molecule has 1 N–H and O–H groups in total. The van der Waals surface area contributed by atoms with E-state index in [0.717, 1.165) is 34.2 Å². The van der Waals surface area contributed by atoms with E-state index in [1.807, 2.05) is 79.1 Å². The molecule has 0 spiro atoms. The molecule has 2 aromatic carbocycles. The predicted octanol–water partition coefficient (Wildman–Crippen LogP) is 5.80. The molecule has 0 aliphatic carbocycles. The summed E-state index contributed by atoms with van der Waals surface area (Å²) in [5, 5.41) is 13.3. The number of pyridine rings is 1. The van der Waals surface area contributed by atoms with Gasteiger partial charge in [-0.15, -0.1) is 10.2 Å². The Morgan fingerprint density at radius 2 is 1.85 bits per heavy atom. The average Bonchev–Trinajstić information content (AvgIpc) is 3.27.